The maximum atomic E-state index is 12.9. The largest absolute Gasteiger partial charge is 0.377 e. The number of rotatable bonds is 2. The zero-order valence-corrected chi connectivity index (χ0v) is 8.21. The molecule has 0 bridgehead atoms. The van der Waals surface area contributed by atoms with Crippen LogP contribution in [0.5, 0.6) is 0 Å². The van der Waals surface area contributed by atoms with Crippen LogP contribution >= 0.6 is 0 Å². The highest BCUT2D eigenvalue weighted by molar-refractivity contribution is 5.53. The molecule has 0 aliphatic carbocycles. The molecular formula is C10H15FN2. The molecule has 0 unspecified atom stereocenters. The molecule has 0 spiro atoms. The van der Waals surface area contributed by atoms with E-state index in [9.17, 15) is 4.39 Å². The van der Waals surface area contributed by atoms with E-state index in [1.54, 1.807) is 6.07 Å². The first-order chi connectivity index (χ1) is 6.02. The second kappa shape index (κ2) is 3.75. The Morgan fingerprint density at radius 1 is 1.38 bits per heavy atom. The Bertz CT molecular complexity index is 295. The van der Waals surface area contributed by atoms with Crippen LogP contribution in [-0.2, 0) is 0 Å². The molecule has 1 aromatic rings. The molecule has 72 valence electrons. The molecule has 0 saturated carbocycles. The van der Waals surface area contributed by atoms with Crippen molar-refractivity contribution in [1.82, 2.24) is 0 Å². The van der Waals surface area contributed by atoms with Crippen molar-refractivity contribution in [3.8, 4) is 0 Å². The van der Waals surface area contributed by atoms with Crippen molar-refractivity contribution in [2.75, 3.05) is 19.0 Å². The number of benzene rings is 1. The summed E-state index contributed by atoms with van der Waals surface area (Å²) in [6, 6.07) is 4.53. The van der Waals surface area contributed by atoms with Gasteiger partial charge in [-0.05, 0) is 30.7 Å². The lowest BCUT2D eigenvalue weighted by Crippen LogP contribution is -2.15. The van der Waals surface area contributed by atoms with Gasteiger partial charge >= 0.3 is 0 Å². The van der Waals surface area contributed by atoms with E-state index in [-0.39, 0.29) is 11.9 Å². The number of nitrogens with zero attached hydrogens (tertiary/aromatic N) is 1. The zero-order valence-electron chi connectivity index (χ0n) is 8.21. The summed E-state index contributed by atoms with van der Waals surface area (Å²) in [4.78, 5) is 1.93. The summed E-state index contributed by atoms with van der Waals surface area (Å²) < 4.78 is 12.9. The molecule has 0 aliphatic rings. The number of hydrogen-bond donors (Lipinski definition) is 1. The molecule has 0 radical (unpaired) electrons. The lowest BCUT2D eigenvalue weighted by atomic mass is 10.1. The van der Waals surface area contributed by atoms with Crippen LogP contribution in [0.1, 0.15) is 18.5 Å². The van der Waals surface area contributed by atoms with Gasteiger partial charge in [0, 0.05) is 25.8 Å². The highest BCUT2D eigenvalue weighted by atomic mass is 19.1. The number of halogens is 1. The Kier molecular flexibility index (Phi) is 2.88. The van der Waals surface area contributed by atoms with E-state index in [0.29, 0.717) is 0 Å². The predicted octanol–water partition coefficient (Wildman–Crippen LogP) is 1.91. The average molecular weight is 182 g/mol. The topological polar surface area (TPSA) is 29.3 Å². The van der Waals surface area contributed by atoms with Gasteiger partial charge in [-0.15, -0.1) is 0 Å². The average Bonchev–Trinajstić information content (AvgIpc) is 2.03. The summed E-state index contributed by atoms with van der Waals surface area (Å²) in [5, 5.41) is 0. The van der Waals surface area contributed by atoms with Gasteiger partial charge in [0.15, 0.2) is 0 Å². The fraction of sp³-hybridized carbons (Fsp3) is 0.400. The summed E-state index contributed by atoms with van der Waals surface area (Å²) >= 11 is 0. The van der Waals surface area contributed by atoms with Crippen molar-refractivity contribution in [2.45, 2.75) is 13.0 Å². The van der Waals surface area contributed by atoms with E-state index in [1.807, 2.05) is 25.9 Å². The molecule has 0 aromatic heterocycles. The molecule has 1 atom stereocenters. The van der Waals surface area contributed by atoms with Gasteiger partial charge in [-0.1, -0.05) is 0 Å². The van der Waals surface area contributed by atoms with Crippen LogP contribution in [0.3, 0.4) is 0 Å². The molecule has 2 nitrogen and oxygen atoms in total. The van der Waals surface area contributed by atoms with Gasteiger partial charge in [-0.3, -0.25) is 0 Å². The van der Waals surface area contributed by atoms with Crippen LogP contribution in [0, 0.1) is 5.82 Å². The van der Waals surface area contributed by atoms with E-state index in [1.165, 1.54) is 12.1 Å². The van der Waals surface area contributed by atoms with Crippen molar-refractivity contribution in [1.29, 1.82) is 0 Å². The van der Waals surface area contributed by atoms with Gasteiger partial charge < -0.3 is 10.6 Å². The standard InChI is InChI=1S/C10H15FN2/c1-7(12)9-6-8(11)4-5-10(9)13(2)3/h4-7H,12H2,1-3H3/t7-/m0/s1. The molecule has 3 heteroatoms. The maximum absolute atomic E-state index is 12.9. The minimum absolute atomic E-state index is 0.145. The number of nitrogens with two attached hydrogens (primary N) is 1. The van der Waals surface area contributed by atoms with E-state index in [4.69, 9.17) is 5.73 Å². The second-order valence-electron chi connectivity index (χ2n) is 3.39. The minimum Gasteiger partial charge on any atom is -0.377 e. The number of hydrogen-bond acceptors (Lipinski definition) is 2. The van der Waals surface area contributed by atoms with Crippen LogP contribution in [0.25, 0.3) is 0 Å². The predicted molar refractivity (Wildman–Crippen MR) is 53.3 cm³/mol. The van der Waals surface area contributed by atoms with Crippen LogP contribution < -0.4 is 10.6 Å². The molecule has 0 aliphatic heterocycles. The van der Waals surface area contributed by atoms with Crippen LogP contribution in [0.4, 0.5) is 10.1 Å². The third-order valence-electron chi connectivity index (χ3n) is 1.96. The summed E-state index contributed by atoms with van der Waals surface area (Å²) in [5.41, 5.74) is 7.53. The van der Waals surface area contributed by atoms with E-state index >= 15 is 0 Å². The SMILES string of the molecule is C[C@H](N)c1cc(F)ccc1N(C)C. The molecule has 1 aromatic carbocycles. The summed E-state index contributed by atoms with van der Waals surface area (Å²) in [6.07, 6.45) is 0. The zero-order chi connectivity index (χ0) is 10.0. The second-order valence-corrected chi connectivity index (χ2v) is 3.39. The first kappa shape index (κ1) is 9.99. The summed E-state index contributed by atoms with van der Waals surface area (Å²) in [6.45, 7) is 1.85. The summed E-state index contributed by atoms with van der Waals surface area (Å²) in [5.74, 6) is -0.238. The monoisotopic (exact) mass is 182 g/mol. The lowest BCUT2D eigenvalue weighted by molar-refractivity contribution is 0.622. The van der Waals surface area contributed by atoms with Crippen molar-refractivity contribution in [3.63, 3.8) is 0 Å². The Hall–Kier alpha value is -1.09. The molecular weight excluding hydrogens is 167 g/mol. The molecule has 1 rings (SSSR count). The maximum Gasteiger partial charge on any atom is 0.123 e. The van der Waals surface area contributed by atoms with Crippen LogP contribution in [-0.4, -0.2) is 14.1 Å². The molecule has 2 N–H and O–H groups in total. The third kappa shape index (κ3) is 2.18. The van der Waals surface area contributed by atoms with E-state index < -0.39 is 0 Å². The molecule has 0 heterocycles. The van der Waals surface area contributed by atoms with Crippen molar-refractivity contribution >= 4 is 5.69 Å². The highest BCUT2D eigenvalue weighted by Crippen LogP contribution is 2.24. The minimum atomic E-state index is -0.238. The lowest BCUT2D eigenvalue weighted by Gasteiger charge is -2.19. The Morgan fingerprint density at radius 3 is 2.46 bits per heavy atom. The third-order valence-corrected chi connectivity index (χ3v) is 1.96. The molecule has 0 saturated heterocycles. The highest BCUT2D eigenvalue weighted by Gasteiger charge is 2.09. The Balaban J connectivity index is 3.19. The smallest absolute Gasteiger partial charge is 0.123 e. The fourth-order valence-electron chi connectivity index (χ4n) is 1.30. The summed E-state index contributed by atoms with van der Waals surface area (Å²) in [7, 11) is 3.83. The Labute approximate surface area is 78.2 Å². The molecule has 13 heavy (non-hydrogen) atoms. The van der Waals surface area contributed by atoms with E-state index in [0.717, 1.165) is 11.3 Å². The van der Waals surface area contributed by atoms with E-state index in [2.05, 4.69) is 0 Å². The van der Waals surface area contributed by atoms with Crippen molar-refractivity contribution in [2.24, 2.45) is 5.73 Å². The number of anilines is 1. The normalized spacial score (nSPS) is 12.7. The fourth-order valence-corrected chi connectivity index (χ4v) is 1.30. The van der Waals surface area contributed by atoms with Crippen molar-refractivity contribution < 1.29 is 4.39 Å². The van der Waals surface area contributed by atoms with Gasteiger partial charge in [0.25, 0.3) is 0 Å². The van der Waals surface area contributed by atoms with Gasteiger partial charge in [-0.25, -0.2) is 4.39 Å². The molecule has 0 amide bonds. The van der Waals surface area contributed by atoms with Gasteiger partial charge in [0.2, 0.25) is 0 Å². The quantitative estimate of drug-likeness (QED) is 0.757. The first-order valence-corrected chi connectivity index (χ1v) is 4.24. The van der Waals surface area contributed by atoms with Gasteiger partial charge in [0.05, 0.1) is 0 Å². The van der Waals surface area contributed by atoms with Crippen molar-refractivity contribution in [3.05, 3.63) is 29.6 Å². The van der Waals surface area contributed by atoms with Crippen LogP contribution in [0.15, 0.2) is 18.2 Å². The van der Waals surface area contributed by atoms with Gasteiger partial charge in [-0.2, -0.15) is 0 Å². The first-order valence-electron chi connectivity index (χ1n) is 4.24. The van der Waals surface area contributed by atoms with Gasteiger partial charge in [0.1, 0.15) is 5.82 Å². The Morgan fingerprint density at radius 2 is 2.00 bits per heavy atom. The molecule has 0 fully saturated rings. The van der Waals surface area contributed by atoms with Crippen LogP contribution in [0.2, 0.25) is 0 Å².